The monoisotopic (exact) mass is 228 g/mol. The fourth-order valence-corrected chi connectivity index (χ4v) is 0.371. The molecule has 1 atom stereocenters. The Morgan fingerprint density at radius 2 is 1.40 bits per heavy atom. The minimum Gasteiger partial charge on any atom is -0.230 e. The lowest BCUT2D eigenvalue weighted by atomic mass is 10.6. The summed E-state index contributed by atoms with van der Waals surface area (Å²) in [6, 6.07) is 0. The first-order chi connectivity index (χ1) is 4.54. The maximum Gasteiger partial charge on any atom is 0.170 e. The fourth-order valence-electron chi connectivity index (χ4n) is 0.0412. The van der Waals surface area contributed by atoms with Crippen molar-refractivity contribution in [1.29, 1.82) is 0 Å². The number of hydrogen-bond donors (Lipinski definition) is 0. The molecule has 0 rings (SSSR count). The smallest absolute Gasteiger partial charge is 0.170 e. The van der Waals surface area contributed by atoms with Crippen LogP contribution < -0.4 is 0 Å². The van der Waals surface area contributed by atoms with E-state index in [4.69, 9.17) is 34.8 Å². The predicted molar refractivity (Wildman–Crippen MR) is 47.5 cm³/mol. The van der Waals surface area contributed by atoms with Gasteiger partial charge in [0.2, 0.25) is 0 Å². The Morgan fingerprint density at radius 3 is 1.40 bits per heavy atom. The molecule has 0 radical (unpaired) electrons. The van der Waals surface area contributed by atoms with Crippen molar-refractivity contribution in [3.8, 4) is 0 Å². The maximum absolute atomic E-state index is 10.8. The third kappa shape index (κ3) is 23.0. The summed E-state index contributed by atoms with van der Waals surface area (Å²) >= 11 is 20.5. The molecule has 0 aliphatic carbocycles. The maximum atomic E-state index is 10.8. The minimum atomic E-state index is -1.19. The summed E-state index contributed by atoms with van der Waals surface area (Å²) < 4.78 is 10.8. The van der Waals surface area contributed by atoms with Gasteiger partial charge in [0.1, 0.15) is 0 Å². The molecule has 0 bridgehead atoms. The first-order valence-electron chi connectivity index (χ1n) is 2.58. The molecule has 0 aliphatic rings. The van der Waals surface area contributed by atoms with Crippen LogP contribution in [0.3, 0.4) is 0 Å². The fraction of sp³-hybridized carbons (Fsp3) is 1.00. The average molecular weight is 230 g/mol. The van der Waals surface area contributed by atoms with Gasteiger partial charge in [-0.05, 0) is 6.92 Å². The highest BCUT2D eigenvalue weighted by Crippen LogP contribution is 1.99. The zero-order valence-electron chi connectivity index (χ0n) is 5.46. The summed E-state index contributed by atoms with van der Waals surface area (Å²) in [6.07, 6.45) is 0. The Labute approximate surface area is 80.6 Å². The van der Waals surface area contributed by atoms with E-state index in [9.17, 15) is 4.39 Å². The average Bonchev–Trinajstić information content (AvgIpc) is 1.85. The summed E-state index contributed by atoms with van der Waals surface area (Å²) in [6.45, 7) is 1.27. The molecule has 0 heterocycles. The largest absolute Gasteiger partial charge is 0.230 e. The van der Waals surface area contributed by atoms with E-state index >= 15 is 0 Å². The van der Waals surface area contributed by atoms with Crippen LogP contribution in [-0.4, -0.2) is 22.8 Å². The van der Waals surface area contributed by atoms with E-state index in [-0.39, 0.29) is 5.38 Å². The van der Waals surface area contributed by atoms with Gasteiger partial charge in [-0.25, -0.2) is 4.39 Å². The lowest BCUT2D eigenvalue weighted by Crippen LogP contribution is -1.99. The van der Waals surface area contributed by atoms with Crippen molar-refractivity contribution in [3.63, 3.8) is 0 Å². The Hall–Kier alpha value is 1.09. The van der Waals surface area contributed by atoms with Gasteiger partial charge in [0.05, 0.1) is 5.38 Å². The van der Waals surface area contributed by atoms with E-state index in [0.717, 1.165) is 0 Å². The molecule has 64 valence electrons. The normalized spacial score (nSPS) is 12.3. The summed E-state index contributed by atoms with van der Waals surface area (Å²) in [7, 11) is 0. The standard InChI is InChI=1S/C3H5Cl3.C2H4ClF/c4-1-3(6)2-5;1-2(3)4/h3H,1-2H2;2H,1H3. The number of hydrogen-bond acceptors (Lipinski definition) is 0. The van der Waals surface area contributed by atoms with Crippen molar-refractivity contribution in [2.45, 2.75) is 17.9 Å². The van der Waals surface area contributed by atoms with Crippen LogP contribution in [0.2, 0.25) is 0 Å². The number of alkyl halides is 5. The molecular weight excluding hydrogens is 221 g/mol. The molecule has 0 N–H and O–H groups in total. The second kappa shape index (κ2) is 10.1. The molecule has 0 saturated carbocycles. The van der Waals surface area contributed by atoms with Crippen LogP contribution in [0.25, 0.3) is 0 Å². The summed E-state index contributed by atoms with van der Waals surface area (Å²) in [4.78, 5) is 0. The SMILES string of the molecule is CC(F)Cl.ClCC(Cl)CCl. The van der Waals surface area contributed by atoms with Crippen molar-refractivity contribution in [3.05, 3.63) is 0 Å². The zero-order chi connectivity index (χ0) is 8.57. The Balaban J connectivity index is 0. The molecule has 0 aromatic carbocycles. The first kappa shape index (κ1) is 13.7. The molecule has 0 amide bonds. The van der Waals surface area contributed by atoms with Crippen LogP contribution >= 0.6 is 46.4 Å². The highest BCUT2D eigenvalue weighted by Gasteiger charge is 1.95. The van der Waals surface area contributed by atoms with Crippen LogP contribution in [0.4, 0.5) is 4.39 Å². The molecule has 0 spiro atoms. The summed E-state index contributed by atoms with van der Waals surface area (Å²) in [5.41, 5.74) is -1.19. The first-order valence-corrected chi connectivity index (χ1v) is 4.52. The van der Waals surface area contributed by atoms with E-state index < -0.39 is 5.63 Å². The minimum absolute atomic E-state index is 0.0617. The van der Waals surface area contributed by atoms with Gasteiger partial charge in [-0.2, -0.15) is 0 Å². The van der Waals surface area contributed by atoms with Crippen LogP contribution in [0.5, 0.6) is 0 Å². The molecule has 0 aromatic heterocycles. The van der Waals surface area contributed by atoms with Crippen LogP contribution in [0.1, 0.15) is 6.92 Å². The van der Waals surface area contributed by atoms with Gasteiger partial charge in [0, 0.05) is 11.8 Å². The van der Waals surface area contributed by atoms with Gasteiger partial charge in [0.15, 0.2) is 5.63 Å². The molecule has 0 aromatic rings. The molecule has 0 aliphatic heterocycles. The van der Waals surface area contributed by atoms with Crippen molar-refractivity contribution in [2.24, 2.45) is 0 Å². The van der Waals surface area contributed by atoms with Crippen molar-refractivity contribution in [2.75, 3.05) is 11.8 Å². The lowest BCUT2D eigenvalue weighted by Gasteiger charge is -1.92. The van der Waals surface area contributed by atoms with Crippen molar-refractivity contribution < 1.29 is 4.39 Å². The summed E-state index contributed by atoms with van der Waals surface area (Å²) in [5, 5.41) is -0.0617. The predicted octanol–water partition coefficient (Wildman–Crippen LogP) is 3.61. The zero-order valence-corrected chi connectivity index (χ0v) is 8.48. The van der Waals surface area contributed by atoms with Gasteiger partial charge in [-0.15, -0.1) is 34.8 Å². The number of halogens is 5. The van der Waals surface area contributed by atoms with Crippen LogP contribution in [0, 0.1) is 0 Å². The van der Waals surface area contributed by atoms with E-state index in [0.29, 0.717) is 11.8 Å². The van der Waals surface area contributed by atoms with Gasteiger partial charge >= 0.3 is 0 Å². The molecule has 1 unspecified atom stereocenters. The molecule has 5 heteroatoms. The van der Waals surface area contributed by atoms with Crippen molar-refractivity contribution >= 4 is 46.4 Å². The molecule has 10 heavy (non-hydrogen) atoms. The third-order valence-corrected chi connectivity index (χ3v) is 1.70. The van der Waals surface area contributed by atoms with E-state index in [1.165, 1.54) is 6.92 Å². The third-order valence-electron chi connectivity index (χ3n) is 0.335. The second-order valence-electron chi connectivity index (χ2n) is 1.42. The molecule has 0 fully saturated rings. The van der Waals surface area contributed by atoms with Gasteiger partial charge in [-0.3, -0.25) is 0 Å². The van der Waals surface area contributed by atoms with Gasteiger partial charge < -0.3 is 0 Å². The van der Waals surface area contributed by atoms with Gasteiger partial charge in [-0.1, -0.05) is 11.6 Å². The Kier molecular flexibility index (Phi) is 13.8. The Morgan fingerprint density at radius 1 is 1.20 bits per heavy atom. The van der Waals surface area contributed by atoms with Gasteiger partial charge in [0.25, 0.3) is 0 Å². The quantitative estimate of drug-likeness (QED) is 0.635. The highest BCUT2D eigenvalue weighted by molar-refractivity contribution is 6.32. The van der Waals surface area contributed by atoms with Crippen molar-refractivity contribution in [1.82, 2.24) is 0 Å². The van der Waals surface area contributed by atoms with Crippen LogP contribution in [-0.2, 0) is 0 Å². The van der Waals surface area contributed by atoms with Crippen LogP contribution in [0.15, 0.2) is 0 Å². The lowest BCUT2D eigenvalue weighted by molar-refractivity contribution is 0.475. The highest BCUT2D eigenvalue weighted by atomic mass is 35.5. The molecule has 0 nitrogen and oxygen atoms in total. The van der Waals surface area contributed by atoms with E-state index in [1.807, 2.05) is 0 Å². The second-order valence-corrected chi connectivity index (χ2v) is 3.26. The molecule has 0 saturated heterocycles. The van der Waals surface area contributed by atoms with E-state index in [2.05, 4.69) is 11.6 Å². The van der Waals surface area contributed by atoms with E-state index in [1.54, 1.807) is 0 Å². The topological polar surface area (TPSA) is 0 Å². The number of rotatable bonds is 2. The summed E-state index contributed by atoms with van der Waals surface area (Å²) in [5.74, 6) is 0.871. The molecular formula is C5H9Cl4F. The Bertz CT molecular complexity index is 52.9.